The minimum atomic E-state index is -0.910. The van der Waals surface area contributed by atoms with Crippen LogP contribution in [0, 0.1) is 0 Å². The second kappa shape index (κ2) is 7.89. The molecule has 4 heteroatoms. The highest BCUT2D eigenvalue weighted by Gasteiger charge is 2.33. The van der Waals surface area contributed by atoms with E-state index in [1.54, 1.807) is 12.1 Å². The lowest BCUT2D eigenvalue weighted by Crippen LogP contribution is -2.22. The number of carboxylic acids is 1. The monoisotopic (exact) mass is 379 g/mol. The van der Waals surface area contributed by atoms with E-state index >= 15 is 0 Å². The zero-order valence-corrected chi connectivity index (χ0v) is 16.5. The summed E-state index contributed by atoms with van der Waals surface area (Å²) in [5, 5.41) is 9.66. The van der Waals surface area contributed by atoms with Gasteiger partial charge in [-0.2, -0.15) is 0 Å². The molecule has 0 fully saturated rings. The third kappa shape index (κ3) is 4.72. The quantitative estimate of drug-likeness (QED) is 0.582. The summed E-state index contributed by atoms with van der Waals surface area (Å²) in [5.74, 6) is -0.110. The molecule has 0 spiro atoms. The second-order valence-electron chi connectivity index (χ2n) is 7.11. The second-order valence-corrected chi connectivity index (χ2v) is 9.10. The van der Waals surface area contributed by atoms with Crippen molar-refractivity contribution in [2.75, 3.05) is 0 Å². The van der Waals surface area contributed by atoms with E-state index in [0.29, 0.717) is 5.56 Å². The third-order valence-electron chi connectivity index (χ3n) is 3.80. The Morgan fingerprint density at radius 3 is 1.96 bits per heavy atom. The molecule has 3 aromatic carbocycles. The standard InChI is InChI=1S/C23H22O3S/c1-23(2,3)26-17-13-15-19(16-14-17)27(18-9-5-4-6-10-18)21-12-8-7-11-20(21)22(24)25/h4-16H,1-3H3/p+1. The van der Waals surface area contributed by atoms with Crippen LogP contribution in [0.1, 0.15) is 31.1 Å². The van der Waals surface area contributed by atoms with Gasteiger partial charge in [-0.3, -0.25) is 0 Å². The fourth-order valence-electron chi connectivity index (χ4n) is 2.77. The van der Waals surface area contributed by atoms with Crippen molar-refractivity contribution < 1.29 is 14.6 Å². The lowest BCUT2D eigenvalue weighted by atomic mass is 10.2. The highest BCUT2D eigenvalue weighted by Crippen LogP contribution is 2.34. The molecule has 0 aliphatic rings. The topological polar surface area (TPSA) is 46.5 Å². The number of rotatable bonds is 5. The van der Waals surface area contributed by atoms with Crippen LogP contribution in [0.2, 0.25) is 0 Å². The van der Waals surface area contributed by atoms with Gasteiger partial charge in [-0.05, 0) is 69.3 Å². The van der Waals surface area contributed by atoms with Gasteiger partial charge in [0.05, 0.1) is 0 Å². The Morgan fingerprint density at radius 1 is 0.815 bits per heavy atom. The Labute approximate surface area is 163 Å². The summed E-state index contributed by atoms with van der Waals surface area (Å²) in [7, 11) is -0.515. The lowest BCUT2D eigenvalue weighted by molar-refractivity contribution is 0.0693. The van der Waals surface area contributed by atoms with Gasteiger partial charge in [0, 0.05) is 0 Å². The third-order valence-corrected chi connectivity index (χ3v) is 6.08. The van der Waals surface area contributed by atoms with E-state index in [-0.39, 0.29) is 5.60 Å². The van der Waals surface area contributed by atoms with Gasteiger partial charge >= 0.3 is 5.97 Å². The van der Waals surface area contributed by atoms with Crippen molar-refractivity contribution in [3.8, 4) is 5.75 Å². The van der Waals surface area contributed by atoms with Gasteiger partial charge in [0.1, 0.15) is 27.8 Å². The molecule has 138 valence electrons. The van der Waals surface area contributed by atoms with Crippen LogP contribution in [0.4, 0.5) is 0 Å². The summed E-state index contributed by atoms with van der Waals surface area (Å²) in [4.78, 5) is 14.7. The smallest absolute Gasteiger partial charge is 0.340 e. The zero-order valence-electron chi connectivity index (χ0n) is 15.7. The molecule has 3 rings (SSSR count). The predicted molar refractivity (Wildman–Crippen MR) is 109 cm³/mol. The van der Waals surface area contributed by atoms with E-state index in [1.165, 1.54) is 0 Å². The Balaban J connectivity index is 2.08. The average molecular weight is 380 g/mol. The molecule has 1 unspecified atom stereocenters. The van der Waals surface area contributed by atoms with Crippen molar-refractivity contribution in [1.82, 2.24) is 0 Å². The largest absolute Gasteiger partial charge is 0.488 e. The summed E-state index contributed by atoms with van der Waals surface area (Å²) in [6.45, 7) is 6.04. The number of carboxylic acid groups (broad SMARTS) is 1. The van der Waals surface area contributed by atoms with Crippen LogP contribution >= 0.6 is 0 Å². The molecule has 0 bridgehead atoms. The Bertz CT molecular complexity index is 912. The predicted octanol–water partition coefficient (Wildman–Crippen LogP) is 5.66. The van der Waals surface area contributed by atoms with Gasteiger partial charge in [-0.15, -0.1) is 0 Å². The molecule has 1 N–H and O–H groups in total. The van der Waals surface area contributed by atoms with Gasteiger partial charge in [0.15, 0.2) is 14.7 Å². The molecule has 3 aromatic rings. The molecule has 0 radical (unpaired) electrons. The zero-order chi connectivity index (χ0) is 19.4. The molecular weight excluding hydrogens is 356 g/mol. The average Bonchev–Trinajstić information content (AvgIpc) is 2.63. The van der Waals surface area contributed by atoms with Crippen molar-refractivity contribution in [1.29, 1.82) is 0 Å². The summed E-state index contributed by atoms with van der Waals surface area (Å²) >= 11 is 0. The van der Waals surface area contributed by atoms with E-state index in [2.05, 4.69) is 0 Å². The van der Waals surface area contributed by atoms with Gasteiger partial charge < -0.3 is 9.84 Å². The fraction of sp³-hybridized carbons (Fsp3) is 0.174. The molecule has 0 heterocycles. The van der Waals surface area contributed by atoms with Crippen molar-refractivity contribution in [2.45, 2.75) is 41.1 Å². The van der Waals surface area contributed by atoms with Crippen LogP contribution < -0.4 is 4.74 Å². The first-order valence-corrected chi connectivity index (χ1v) is 9.98. The first kappa shape index (κ1) is 19.1. The molecule has 0 aromatic heterocycles. The van der Waals surface area contributed by atoms with Crippen LogP contribution in [-0.2, 0) is 10.9 Å². The van der Waals surface area contributed by atoms with Gasteiger partial charge in [0.2, 0.25) is 0 Å². The van der Waals surface area contributed by atoms with Gasteiger partial charge in [-0.1, -0.05) is 30.3 Å². The molecule has 0 saturated heterocycles. The fourth-order valence-corrected chi connectivity index (χ4v) is 4.97. The number of aromatic carboxylic acids is 1. The maximum atomic E-state index is 11.8. The van der Waals surface area contributed by atoms with Crippen LogP contribution in [0.15, 0.2) is 93.5 Å². The van der Waals surface area contributed by atoms with E-state index in [4.69, 9.17) is 4.74 Å². The van der Waals surface area contributed by atoms with Crippen molar-refractivity contribution >= 4 is 16.9 Å². The van der Waals surface area contributed by atoms with Crippen molar-refractivity contribution in [3.63, 3.8) is 0 Å². The molecule has 3 nitrogen and oxygen atoms in total. The van der Waals surface area contributed by atoms with Gasteiger partial charge in [0.25, 0.3) is 0 Å². The molecule has 0 amide bonds. The van der Waals surface area contributed by atoms with E-state index in [1.807, 2.05) is 87.5 Å². The minimum absolute atomic E-state index is 0.265. The molecule has 0 aliphatic carbocycles. The first-order chi connectivity index (χ1) is 12.8. The first-order valence-electron chi connectivity index (χ1n) is 8.76. The number of carbonyl (C=O) groups is 1. The molecule has 1 atom stereocenters. The Hall–Kier alpha value is -2.72. The Kier molecular flexibility index (Phi) is 5.57. The molecule has 0 aliphatic heterocycles. The van der Waals surface area contributed by atoms with Crippen LogP contribution in [0.3, 0.4) is 0 Å². The maximum Gasteiger partial charge on any atom is 0.340 e. The number of hydrogen-bond donors (Lipinski definition) is 1. The molecular formula is C23H23O3S+. The number of benzene rings is 3. The number of hydrogen-bond acceptors (Lipinski definition) is 2. The normalized spacial score (nSPS) is 12.4. The highest BCUT2D eigenvalue weighted by molar-refractivity contribution is 7.97. The number of ether oxygens (including phenoxy) is 1. The maximum absolute atomic E-state index is 11.8. The van der Waals surface area contributed by atoms with Crippen molar-refractivity contribution in [3.05, 3.63) is 84.4 Å². The van der Waals surface area contributed by atoms with E-state index < -0.39 is 16.9 Å². The van der Waals surface area contributed by atoms with Crippen molar-refractivity contribution in [2.24, 2.45) is 0 Å². The summed E-state index contributed by atoms with van der Waals surface area (Å²) in [6.07, 6.45) is 0. The summed E-state index contributed by atoms with van der Waals surface area (Å²) in [5.41, 5.74) is 0.0677. The molecule has 27 heavy (non-hydrogen) atoms. The molecule has 0 saturated carbocycles. The minimum Gasteiger partial charge on any atom is -0.488 e. The summed E-state index contributed by atoms with van der Waals surface area (Å²) in [6, 6.07) is 25.2. The SMILES string of the molecule is CC(C)(C)Oc1ccc([S+](c2ccccc2)c2ccccc2C(=O)O)cc1. The van der Waals surface area contributed by atoms with Crippen LogP contribution in [0.5, 0.6) is 5.75 Å². The van der Waals surface area contributed by atoms with Crippen LogP contribution in [-0.4, -0.2) is 16.7 Å². The Morgan fingerprint density at radius 2 is 1.37 bits per heavy atom. The lowest BCUT2D eigenvalue weighted by Gasteiger charge is -2.21. The van der Waals surface area contributed by atoms with Crippen LogP contribution in [0.25, 0.3) is 0 Å². The highest BCUT2D eigenvalue weighted by atomic mass is 32.2. The summed E-state index contributed by atoms with van der Waals surface area (Å²) < 4.78 is 5.92. The van der Waals surface area contributed by atoms with E-state index in [0.717, 1.165) is 20.4 Å². The van der Waals surface area contributed by atoms with E-state index in [9.17, 15) is 9.90 Å². The van der Waals surface area contributed by atoms with Gasteiger partial charge in [-0.25, -0.2) is 4.79 Å².